The Morgan fingerprint density at radius 2 is 1.87 bits per heavy atom. The van der Waals surface area contributed by atoms with Crippen molar-refractivity contribution in [3.8, 4) is 11.5 Å². The van der Waals surface area contributed by atoms with Crippen LogP contribution in [0.3, 0.4) is 0 Å². The van der Waals surface area contributed by atoms with E-state index in [4.69, 9.17) is 21.1 Å². The van der Waals surface area contributed by atoms with Crippen LogP contribution in [-0.4, -0.2) is 23.7 Å². The van der Waals surface area contributed by atoms with Gasteiger partial charge in [-0.1, -0.05) is 31.5 Å². The summed E-state index contributed by atoms with van der Waals surface area (Å²) >= 11 is 5.65. The molecule has 31 heavy (non-hydrogen) atoms. The highest BCUT2D eigenvalue weighted by atomic mass is 35.5. The minimum Gasteiger partial charge on any atom is -0.490 e. The third-order valence-electron chi connectivity index (χ3n) is 4.80. The van der Waals surface area contributed by atoms with Gasteiger partial charge in [0.1, 0.15) is 11.6 Å². The monoisotopic (exact) mass is 458 g/mol. The number of aromatic nitrogens is 1. The molecule has 0 saturated carbocycles. The van der Waals surface area contributed by atoms with E-state index in [-0.39, 0.29) is 5.92 Å². The van der Waals surface area contributed by atoms with Crippen molar-refractivity contribution >= 4 is 17.5 Å². The molecule has 1 unspecified atom stereocenters. The lowest BCUT2D eigenvalue weighted by atomic mass is 9.95. The maximum absolute atomic E-state index is 13.0. The van der Waals surface area contributed by atoms with E-state index in [0.717, 1.165) is 12.0 Å². The van der Waals surface area contributed by atoms with Gasteiger partial charge in [-0.05, 0) is 29.7 Å². The highest BCUT2D eigenvalue weighted by Gasteiger charge is 2.32. The van der Waals surface area contributed by atoms with Crippen LogP contribution in [0.4, 0.5) is 13.2 Å². The fourth-order valence-electron chi connectivity index (χ4n) is 3.25. The van der Waals surface area contributed by atoms with Gasteiger partial charge < -0.3 is 19.4 Å². The Morgan fingerprint density at radius 3 is 2.52 bits per heavy atom. The number of alkyl halides is 3. The smallest absolute Gasteiger partial charge is 0.417 e. The van der Waals surface area contributed by atoms with E-state index in [1.807, 2.05) is 13.8 Å². The van der Waals surface area contributed by atoms with Crippen LogP contribution < -0.4 is 20.3 Å². The standard InChI is InChI=1S/C21H22ClF3N2O4/c1-12(2)19(13-4-5-16-17(8-13)31-7-3-6-30-16)26-18(28)11-27-10-14(21(23,24)25)9-15(22)20(27)29/h4-5,8-10,12,19H,3,6-7,11H2,1-2H3,(H,26,28). The second-order valence-electron chi connectivity index (χ2n) is 7.55. The lowest BCUT2D eigenvalue weighted by Crippen LogP contribution is -2.37. The van der Waals surface area contributed by atoms with Gasteiger partial charge in [-0.25, -0.2) is 0 Å². The summed E-state index contributed by atoms with van der Waals surface area (Å²) in [6.07, 6.45) is -3.35. The molecule has 1 aromatic carbocycles. The van der Waals surface area contributed by atoms with Gasteiger partial charge in [0.25, 0.3) is 5.56 Å². The number of fused-ring (bicyclic) bond motifs is 1. The third kappa shape index (κ3) is 5.52. The van der Waals surface area contributed by atoms with Gasteiger partial charge in [-0.2, -0.15) is 13.2 Å². The number of pyridine rings is 1. The number of amides is 1. The average molecular weight is 459 g/mol. The number of carbonyl (C=O) groups excluding carboxylic acids is 1. The topological polar surface area (TPSA) is 69.6 Å². The van der Waals surface area contributed by atoms with Crippen molar-refractivity contribution in [3.05, 3.63) is 57.0 Å². The molecule has 1 N–H and O–H groups in total. The first-order chi connectivity index (χ1) is 14.6. The average Bonchev–Trinajstić information content (AvgIpc) is 2.93. The number of ether oxygens (including phenoxy) is 2. The largest absolute Gasteiger partial charge is 0.490 e. The molecule has 6 nitrogen and oxygen atoms in total. The molecule has 1 atom stereocenters. The van der Waals surface area contributed by atoms with E-state index in [1.165, 1.54) is 0 Å². The lowest BCUT2D eigenvalue weighted by Gasteiger charge is -2.24. The number of benzene rings is 1. The normalized spacial score (nSPS) is 14.8. The molecule has 0 spiro atoms. The molecule has 1 aromatic heterocycles. The van der Waals surface area contributed by atoms with Crippen molar-refractivity contribution in [1.82, 2.24) is 9.88 Å². The minimum atomic E-state index is -4.69. The van der Waals surface area contributed by atoms with Crippen LogP contribution in [0.5, 0.6) is 11.5 Å². The lowest BCUT2D eigenvalue weighted by molar-refractivity contribution is -0.138. The Hall–Kier alpha value is -2.68. The molecular weight excluding hydrogens is 437 g/mol. The number of carbonyl (C=O) groups is 1. The second-order valence-corrected chi connectivity index (χ2v) is 7.96. The zero-order valence-corrected chi connectivity index (χ0v) is 17.7. The van der Waals surface area contributed by atoms with Crippen molar-refractivity contribution in [2.75, 3.05) is 13.2 Å². The van der Waals surface area contributed by atoms with Crippen LogP contribution >= 0.6 is 11.6 Å². The van der Waals surface area contributed by atoms with Crippen LogP contribution in [0.2, 0.25) is 5.02 Å². The molecule has 168 valence electrons. The maximum Gasteiger partial charge on any atom is 0.417 e. The van der Waals surface area contributed by atoms with E-state index in [9.17, 15) is 22.8 Å². The highest BCUT2D eigenvalue weighted by Crippen LogP contribution is 2.34. The van der Waals surface area contributed by atoms with Crippen LogP contribution in [-0.2, 0) is 17.5 Å². The molecule has 10 heteroatoms. The van der Waals surface area contributed by atoms with Gasteiger partial charge in [0, 0.05) is 12.6 Å². The third-order valence-corrected chi connectivity index (χ3v) is 5.07. The van der Waals surface area contributed by atoms with Gasteiger partial charge >= 0.3 is 6.18 Å². The van der Waals surface area contributed by atoms with E-state index in [0.29, 0.717) is 41.5 Å². The Kier molecular flexibility index (Phi) is 6.83. The summed E-state index contributed by atoms with van der Waals surface area (Å²) in [6.45, 7) is 4.23. The van der Waals surface area contributed by atoms with Crippen LogP contribution in [0.25, 0.3) is 0 Å². The molecule has 2 aromatic rings. The number of rotatable bonds is 5. The quantitative estimate of drug-likeness (QED) is 0.729. The molecular formula is C21H22ClF3N2O4. The van der Waals surface area contributed by atoms with Crippen molar-refractivity contribution in [2.24, 2.45) is 5.92 Å². The predicted octanol–water partition coefficient (Wildman–Crippen LogP) is 4.20. The van der Waals surface area contributed by atoms with E-state index >= 15 is 0 Å². The van der Waals surface area contributed by atoms with Crippen LogP contribution in [0.1, 0.15) is 37.4 Å². The molecule has 3 rings (SSSR count). The number of nitrogens with one attached hydrogen (secondary N) is 1. The zero-order chi connectivity index (χ0) is 22.8. The van der Waals surface area contributed by atoms with Crippen molar-refractivity contribution in [1.29, 1.82) is 0 Å². The summed E-state index contributed by atoms with van der Waals surface area (Å²) in [4.78, 5) is 24.7. The van der Waals surface area contributed by atoms with Crippen molar-refractivity contribution in [2.45, 2.75) is 39.0 Å². The molecule has 1 amide bonds. The maximum atomic E-state index is 13.0. The molecule has 0 bridgehead atoms. The molecule has 2 heterocycles. The van der Waals surface area contributed by atoms with E-state index in [2.05, 4.69) is 5.32 Å². The van der Waals surface area contributed by atoms with Crippen molar-refractivity contribution < 1.29 is 27.4 Å². The SMILES string of the molecule is CC(C)C(NC(=O)Cn1cc(C(F)(F)F)cc(Cl)c1=O)c1ccc2c(c1)OCCCO2. The Bertz CT molecular complexity index is 1020. The fraction of sp³-hybridized carbons (Fsp3) is 0.429. The Morgan fingerprint density at radius 1 is 1.19 bits per heavy atom. The Labute approximate surface area is 181 Å². The number of hydrogen-bond acceptors (Lipinski definition) is 4. The minimum absolute atomic E-state index is 0.0458. The number of halogens is 4. The van der Waals surface area contributed by atoms with Gasteiger partial charge in [0.05, 0.1) is 24.8 Å². The molecule has 1 aliphatic heterocycles. The molecule has 1 aliphatic rings. The summed E-state index contributed by atoms with van der Waals surface area (Å²) in [5.41, 5.74) is -1.23. The summed E-state index contributed by atoms with van der Waals surface area (Å²) < 4.78 is 51.0. The van der Waals surface area contributed by atoms with E-state index < -0.39 is 40.8 Å². The van der Waals surface area contributed by atoms with Gasteiger partial charge in [0.15, 0.2) is 11.5 Å². The predicted molar refractivity (Wildman–Crippen MR) is 108 cm³/mol. The van der Waals surface area contributed by atoms with Crippen LogP contribution in [0, 0.1) is 5.92 Å². The summed E-state index contributed by atoms with van der Waals surface area (Å²) in [7, 11) is 0. The second kappa shape index (κ2) is 9.21. The first-order valence-electron chi connectivity index (χ1n) is 9.72. The first kappa shape index (κ1) is 23.0. The highest BCUT2D eigenvalue weighted by molar-refractivity contribution is 6.30. The first-order valence-corrected chi connectivity index (χ1v) is 10.1. The molecule has 0 fully saturated rings. The summed E-state index contributed by atoms with van der Waals surface area (Å²) in [6, 6.07) is 5.42. The van der Waals surface area contributed by atoms with Crippen LogP contribution in [0.15, 0.2) is 35.3 Å². The molecule has 0 saturated heterocycles. The van der Waals surface area contributed by atoms with E-state index in [1.54, 1.807) is 18.2 Å². The van der Waals surface area contributed by atoms with Gasteiger partial charge in [-0.3, -0.25) is 9.59 Å². The van der Waals surface area contributed by atoms with Gasteiger partial charge in [0.2, 0.25) is 5.91 Å². The zero-order valence-electron chi connectivity index (χ0n) is 17.0. The molecule has 0 aliphatic carbocycles. The van der Waals surface area contributed by atoms with Crippen molar-refractivity contribution in [3.63, 3.8) is 0 Å². The summed E-state index contributed by atoms with van der Waals surface area (Å²) in [5.74, 6) is 0.509. The number of nitrogens with zero attached hydrogens (tertiary/aromatic N) is 1. The molecule has 0 radical (unpaired) electrons. The van der Waals surface area contributed by atoms with Gasteiger partial charge in [-0.15, -0.1) is 0 Å². The Balaban J connectivity index is 1.82. The fourth-order valence-corrected chi connectivity index (χ4v) is 3.48. The number of hydrogen-bond donors (Lipinski definition) is 1. The summed E-state index contributed by atoms with van der Waals surface area (Å²) in [5, 5.41) is 2.18.